The summed E-state index contributed by atoms with van der Waals surface area (Å²) < 4.78 is 6.52. The average Bonchev–Trinajstić information content (AvgIpc) is 2.36. The van der Waals surface area contributed by atoms with Crippen LogP contribution >= 0.6 is 0 Å². The summed E-state index contributed by atoms with van der Waals surface area (Å²) in [4.78, 5) is 0. The fourth-order valence-corrected chi connectivity index (χ4v) is 3.59. The largest absolute Gasteiger partial charge is 0.371 e. The zero-order valence-corrected chi connectivity index (χ0v) is 14.7. The molecule has 0 aromatic heterocycles. The molecular formula is C18H37NO. The molecule has 0 aromatic carbocycles. The van der Waals surface area contributed by atoms with Gasteiger partial charge in [-0.15, -0.1) is 0 Å². The SMILES string of the molecule is CCCC(C)OC1(CNCC)CCC(C(C)(C)C)CC1. The summed E-state index contributed by atoms with van der Waals surface area (Å²) in [6, 6.07) is 0. The normalized spacial score (nSPS) is 29.4. The lowest BCUT2D eigenvalue weighted by atomic mass is 9.68. The third kappa shape index (κ3) is 5.37. The molecule has 1 N–H and O–H groups in total. The summed E-state index contributed by atoms with van der Waals surface area (Å²) in [7, 11) is 0. The summed E-state index contributed by atoms with van der Waals surface area (Å²) >= 11 is 0. The zero-order chi connectivity index (χ0) is 15.2. The summed E-state index contributed by atoms with van der Waals surface area (Å²) in [6.45, 7) is 15.9. The fourth-order valence-electron chi connectivity index (χ4n) is 3.59. The van der Waals surface area contributed by atoms with Gasteiger partial charge in [0.25, 0.3) is 0 Å². The second kappa shape index (κ2) is 7.79. The van der Waals surface area contributed by atoms with Crippen molar-refractivity contribution in [1.82, 2.24) is 5.32 Å². The van der Waals surface area contributed by atoms with Crippen molar-refractivity contribution in [2.24, 2.45) is 11.3 Å². The molecule has 1 aliphatic carbocycles. The molecule has 2 heteroatoms. The van der Waals surface area contributed by atoms with Crippen LogP contribution in [0.4, 0.5) is 0 Å². The van der Waals surface area contributed by atoms with Crippen LogP contribution < -0.4 is 5.32 Å². The zero-order valence-electron chi connectivity index (χ0n) is 14.7. The second-order valence-electron chi connectivity index (χ2n) is 7.82. The minimum absolute atomic E-state index is 0.0896. The van der Waals surface area contributed by atoms with Gasteiger partial charge < -0.3 is 10.1 Å². The summed E-state index contributed by atoms with van der Waals surface area (Å²) in [5.41, 5.74) is 0.533. The van der Waals surface area contributed by atoms with Crippen molar-refractivity contribution < 1.29 is 4.74 Å². The molecule has 0 bridgehead atoms. The van der Waals surface area contributed by atoms with Crippen LogP contribution in [0.5, 0.6) is 0 Å². The van der Waals surface area contributed by atoms with Gasteiger partial charge in [0.15, 0.2) is 0 Å². The van der Waals surface area contributed by atoms with Crippen LogP contribution in [0.3, 0.4) is 0 Å². The topological polar surface area (TPSA) is 21.3 Å². The number of hydrogen-bond acceptors (Lipinski definition) is 2. The smallest absolute Gasteiger partial charge is 0.0810 e. The van der Waals surface area contributed by atoms with E-state index in [-0.39, 0.29) is 5.60 Å². The van der Waals surface area contributed by atoms with E-state index in [2.05, 4.69) is 46.9 Å². The van der Waals surface area contributed by atoms with Gasteiger partial charge in [0, 0.05) is 6.54 Å². The van der Waals surface area contributed by atoms with E-state index < -0.39 is 0 Å². The minimum Gasteiger partial charge on any atom is -0.371 e. The van der Waals surface area contributed by atoms with Crippen LogP contribution in [-0.2, 0) is 4.74 Å². The lowest BCUT2D eigenvalue weighted by molar-refractivity contribution is -0.119. The second-order valence-corrected chi connectivity index (χ2v) is 7.82. The Hall–Kier alpha value is -0.0800. The molecule has 1 aliphatic rings. The number of likely N-dealkylation sites (N-methyl/N-ethyl adjacent to an activating group) is 1. The predicted octanol–water partition coefficient (Wildman–Crippen LogP) is 4.78. The Bertz CT molecular complexity index is 261. The molecule has 0 heterocycles. The Morgan fingerprint density at radius 3 is 2.25 bits per heavy atom. The lowest BCUT2D eigenvalue weighted by Crippen LogP contribution is -2.48. The van der Waals surface area contributed by atoms with Crippen molar-refractivity contribution in [3.63, 3.8) is 0 Å². The highest BCUT2D eigenvalue weighted by Crippen LogP contribution is 2.43. The van der Waals surface area contributed by atoms with Gasteiger partial charge in [-0.05, 0) is 56.9 Å². The van der Waals surface area contributed by atoms with Crippen molar-refractivity contribution >= 4 is 0 Å². The van der Waals surface area contributed by atoms with E-state index in [1.165, 1.54) is 38.5 Å². The molecular weight excluding hydrogens is 246 g/mol. The number of ether oxygens (including phenoxy) is 1. The van der Waals surface area contributed by atoms with Crippen molar-refractivity contribution in [3.8, 4) is 0 Å². The molecule has 0 saturated heterocycles. The first-order chi connectivity index (χ1) is 9.33. The highest BCUT2D eigenvalue weighted by atomic mass is 16.5. The first-order valence-corrected chi connectivity index (χ1v) is 8.71. The van der Waals surface area contributed by atoms with E-state index in [0.29, 0.717) is 11.5 Å². The van der Waals surface area contributed by atoms with Crippen LogP contribution in [0, 0.1) is 11.3 Å². The van der Waals surface area contributed by atoms with Crippen LogP contribution in [0.15, 0.2) is 0 Å². The third-order valence-electron chi connectivity index (χ3n) is 4.97. The molecule has 20 heavy (non-hydrogen) atoms. The predicted molar refractivity (Wildman–Crippen MR) is 88.1 cm³/mol. The molecule has 1 rings (SSSR count). The molecule has 0 radical (unpaired) electrons. The van der Waals surface area contributed by atoms with Gasteiger partial charge in [-0.2, -0.15) is 0 Å². The van der Waals surface area contributed by atoms with Crippen LogP contribution in [0.1, 0.15) is 80.1 Å². The van der Waals surface area contributed by atoms with Gasteiger partial charge in [0.2, 0.25) is 0 Å². The van der Waals surface area contributed by atoms with E-state index in [0.717, 1.165) is 19.0 Å². The van der Waals surface area contributed by atoms with Crippen LogP contribution in [0.25, 0.3) is 0 Å². The Labute approximate surface area is 127 Å². The molecule has 1 fully saturated rings. The van der Waals surface area contributed by atoms with E-state index in [9.17, 15) is 0 Å². The molecule has 2 nitrogen and oxygen atoms in total. The number of hydrogen-bond donors (Lipinski definition) is 1. The monoisotopic (exact) mass is 283 g/mol. The Morgan fingerprint density at radius 1 is 1.20 bits per heavy atom. The maximum absolute atomic E-state index is 6.52. The molecule has 1 saturated carbocycles. The highest BCUT2D eigenvalue weighted by molar-refractivity contribution is 4.92. The van der Waals surface area contributed by atoms with Crippen molar-refractivity contribution in [3.05, 3.63) is 0 Å². The van der Waals surface area contributed by atoms with Gasteiger partial charge in [-0.3, -0.25) is 0 Å². The lowest BCUT2D eigenvalue weighted by Gasteiger charge is -2.45. The van der Waals surface area contributed by atoms with E-state index in [4.69, 9.17) is 4.74 Å². The first-order valence-electron chi connectivity index (χ1n) is 8.71. The molecule has 1 unspecified atom stereocenters. The Kier molecular flexibility index (Phi) is 7.00. The van der Waals surface area contributed by atoms with Gasteiger partial charge >= 0.3 is 0 Å². The van der Waals surface area contributed by atoms with Crippen molar-refractivity contribution in [1.29, 1.82) is 0 Å². The van der Waals surface area contributed by atoms with Crippen LogP contribution in [0.2, 0.25) is 0 Å². The van der Waals surface area contributed by atoms with Crippen molar-refractivity contribution in [2.75, 3.05) is 13.1 Å². The number of rotatable bonds is 7. The molecule has 0 amide bonds. The van der Waals surface area contributed by atoms with Gasteiger partial charge in [-0.25, -0.2) is 0 Å². The molecule has 0 aliphatic heterocycles. The Morgan fingerprint density at radius 2 is 1.80 bits per heavy atom. The van der Waals surface area contributed by atoms with E-state index in [1.54, 1.807) is 0 Å². The minimum atomic E-state index is 0.0896. The maximum Gasteiger partial charge on any atom is 0.0810 e. The standard InChI is InChI=1S/C18H37NO/c1-7-9-15(3)20-18(14-19-8-2)12-10-16(11-13-18)17(4,5)6/h15-16,19H,7-14H2,1-6H3. The van der Waals surface area contributed by atoms with Gasteiger partial charge in [0.05, 0.1) is 11.7 Å². The third-order valence-corrected chi connectivity index (χ3v) is 4.97. The average molecular weight is 284 g/mol. The van der Waals surface area contributed by atoms with E-state index >= 15 is 0 Å². The molecule has 0 spiro atoms. The summed E-state index contributed by atoms with van der Waals surface area (Å²) in [5, 5.41) is 3.53. The molecule has 0 aromatic rings. The summed E-state index contributed by atoms with van der Waals surface area (Å²) in [5.74, 6) is 0.849. The van der Waals surface area contributed by atoms with Gasteiger partial charge in [0.1, 0.15) is 0 Å². The first kappa shape index (κ1) is 18.0. The van der Waals surface area contributed by atoms with Gasteiger partial charge in [-0.1, -0.05) is 41.0 Å². The number of nitrogens with one attached hydrogen (secondary N) is 1. The highest BCUT2D eigenvalue weighted by Gasteiger charge is 2.40. The van der Waals surface area contributed by atoms with Crippen molar-refractivity contribution in [2.45, 2.75) is 91.8 Å². The Balaban J connectivity index is 2.62. The summed E-state index contributed by atoms with van der Waals surface area (Å²) in [6.07, 6.45) is 7.84. The fraction of sp³-hybridized carbons (Fsp3) is 1.00. The van der Waals surface area contributed by atoms with Crippen LogP contribution in [-0.4, -0.2) is 24.8 Å². The molecule has 1 atom stereocenters. The molecule has 120 valence electrons. The maximum atomic E-state index is 6.52. The quantitative estimate of drug-likeness (QED) is 0.726. The van der Waals surface area contributed by atoms with E-state index in [1.807, 2.05) is 0 Å².